The van der Waals surface area contributed by atoms with Crippen LogP contribution in [0.1, 0.15) is 29.3 Å². The molecule has 2 N–H and O–H groups in total. The van der Waals surface area contributed by atoms with Gasteiger partial charge in [-0.15, -0.1) is 0 Å². The second kappa shape index (κ2) is 9.20. The summed E-state index contributed by atoms with van der Waals surface area (Å²) in [7, 11) is 1.90. The fraction of sp³-hybridized carbons (Fsp3) is 0.241. The minimum Gasteiger partial charge on any atom is -0.339 e. The summed E-state index contributed by atoms with van der Waals surface area (Å²) >= 11 is 0. The van der Waals surface area contributed by atoms with Gasteiger partial charge in [0.05, 0.1) is 18.1 Å². The van der Waals surface area contributed by atoms with Gasteiger partial charge in [0, 0.05) is 65.0 Å². The summed E-state index contributed by atoms with van der Waals surface area (Å²) in [5, 5.41) is 13.0. The van der Waals surface area contributed by atoms with Gasteiger partial charge in [-0.05, 0) is 62.9 Å². The normalized spacial score (nSPS) is 11.3. The van der Waals surface area contributed by atoms with Crippen LogP contribution in [0.4, 0.5) is 5.69 Å². The van der Waals surface area contributed by atoms with Gasteiger partial charge in [0.15, 0.2) is 0 Å². The summed E-state index contributed by atoms with van der Waals surface area (Å²) in [6.07, 6.45) is 8.97. The molecule has 1 amide bonds. The third kappa shape index (κ3) is 3.94. The summed E-state index contributed by atoms with van der Waals surface area (Å²) in [6.45, 7) is 14.8. The van der Waals surface area contributed by atoms with Crippen LogP contribution in [0, 0.1) is 27.7 Å². The molecule has 0 saturated heterocycles. The lowest BCUT2D eigenvalue weighted by molar-refractivity contribution is -0.111. The molecule has 4 aromatic heterocycles. The van der Waals surface area contributed by atoms with E-state index in [-0.39, 0.29) is 5.91 Å². The maximum Gasteiger partial charge on any atom is 0.247 e. The van der Waals surface area contributed by atoms with Crippen molar-refractivity contribution < 1.29 is 4.79 Å². The third-order valence-electron chi connectivity index (χ3n) is 7.14. The van der Waals surface area contributed by atoms with Crippen LogP contribution in [0.2, 0.25) is 0 Å². The maximum absolute atomic E-state index is 12.2. The topological polar surface area (TPSA) is 93.4 Å². The Morgan fingerprint density at radius 1 is 1.05 bits per heavy atom. The molecule has 1 aromatic carbocycles. The van der Waals surface area contributed by atoms with Gasteiger partial charge >= 0.3 is 0 Å². The molecule has 0 spiro atoms. The number of anilines is 1. The van der Waals surface area contributed by atoms with Crippen LogP contribution >= 0.6 is 0 Å². The first-order valence-electron chi connectivity index (χ1n) is 12.3. The number of aromatic nitrogens is 6. The van der Waals surface area contributed by atoms with Crippen LogP contribution in [0.5, 0.6) is 0 Å². The Kier molecular flexibility index (Phi) is 6.03. The number of carbonyl (C=O) groups is 1. The predicted octanol–water partition coefficient (Wildman–Crippen LogP) is 5.87. The number of hydrogen-bond acceptors (Lipinski definition) is 4. The first-order chi connectivity index (χ1) is 17.7. The summed E-state index contributed by atoms with van der Waals surface area (Å²) in [5.74, 6) is -0.238. The Balaban J connectivity index is 1.84. The van der Waals surface area contributed by atoms with Gasteiger partial charge < -0.3 is 10.3 Å². The highest BCUT2D eigenvalue weighted by Crippen LogP contribution is 2.44. The number of nitrogens with zero attached hydrogens (tertiary/aromatic N) is 5. The van der Waals surface area contributed by atoms with E-state index in [1.165, 1.54) is 6.08 Å². The molecule has 0 unspecified atom stereocenters. The second-order valence-corrected chi connectivity index (χ2v) is 9.38. The molecule has 8 heteroatoms. The molecule has 37 heavy (non-hydrogen) atoms. The fourth-order valence-corrected chi connectivity index (χ4v) is 5.13. The van der Waals surface area contributed by atoms with Crippen LogP contribution < -0.4 is 5.32 Å². The summed E-state index contributed by atoms with van der Waals surface area (Å²) < 4.78 is 3.79. The number of rotatable bonds is 6. The number of hydrogen-bond donors (Lipinski definition) is 2. The molecule has 0 bridgehead atoms. The molecule has 0 aliphatic carbocycles. The maximum atomic E-state index is 12.2. The number of aryl methyl sites for hydroxylation is 4. The number of pyridine rings is 1. The van der Waals surface area contributed by atoms with Gasteiger partial charge in [0.2, 0.25) is 5.91 Å². The standard InChI is InChI=1S/C29H31N7O/c1-8-24(37)33-27-16(3)10-11-21(18(27)5)26-25-17(4)22(23-14-32-36(9-2)19(23)6)13-30-29(25)34-28(26)20-12-31-35(7)15-20/h8,10-15H,1,9H2,2-7H3,(H,30,34)(H,33,37). The second-order valence-electron chi connectivity index (χ2n) is 9.38. The summed E-state index contributed by atoms with van der Waals surface area (Å²) in [4.78, 5) is 20.7. The predicted molar refractivity (Wildman–Crippen MR) is 148 cm³/mol. The van der Waals surface area contributed by atoms with E-state index >= 15 is 0 Å². The van der Waals surface area contributed by atoms with E-state index in [9.17, 15) is 4.79 Å². The Bertz CT molecular complexity index is 1680. The van der Waals surface area contributed by atoms with Crippen molar-refractivity contribution in [2.75, 3.05) is 5.32 Å². The van der Waals surface area contributed by atoms with Crippen molar-refractivity contribution >= 4 is 22.6 Å². The van der Waals surface area contributed by atoms with Crippen LogP contribution in [-0.2, 0) is 18.4 Å². The molecule has 188 valence electrons. The van der Waals surface area contributed by atoms with Crippen molar-refractivity contribution in [3.63, 3.8) is 0 Å². The van der Waals surface area contributed by atoms with Gasteiger partial charge in [0.25, 0.3) is 0 Å². The number of benzene rings is 1. The van der Waals surface area contributed by atoms with Gasteiger partial charge in [-0.1, -0.05) is 18.7 Å². The average molecular weight is 494 g/mol. The molecule has 0 fully saturated rings. The monoisotopic (exact) mass is 493 g/mol. The number of aromatic amines is 1. The van der Waals surface area contributed by atoms with Gasteiger partial charge in [0.1, 0.15) is 5.65 Å². The zero-order valence-corrected chi connectivity index (χ0v) is 22.1. The SMILES string of the molecule is C=CC(=O)Nc1c(C)ccc(-c2c(-c3cnn(C)c3)[nH]c3ncc(-c4cnn(CC)c4C)c(C)c23)c1C. The molecular weight excluding hydrogens is 462 g/mol. The van der Waals surface area contributed by atoms with E-state index in [2.05, 4.69) is 53.9 Å². The number of fused-ring (bicyclic) bond motifs is 1. The van der Waals surface area contributed by atoms with Gasteiger partial charge in [-0.3, -0.25) is 14.2 Å². The van der Waals surface area contributed by atoms with E-state index in [0.717, 1.165) is 79.2 Å². The molecule has 0 aliphatic rings. The van der Waals surface area contributed by atoms with Crippen molar-refractivity contribution in [1.82, 2.24) is 29.5 Å². The lowest BCUT2D eigenvalue weighted by atomic mass is 9.91. The minimum atomic E-state index is -0.238. The van der Waals surface area contributed by atoms with Crippen molar-refractivity contribution in [3.05, 3.63) is 72.0 Å². The smallest absolute Gasteiger partial charge is 0.247 e. The van der Waals surface area contributed by atoms with E-state index < -0.39 is 0 Å². The van der Waals surface area contributed by atoms with Crippen molar-refractivity contribution in [2.45, 2.75) is 41.2 Å². The highest BCUT2D eigenvalue weighted by atomic mass is 16.1. The third-order valence-corrected chi connectivity index (χ3v) is 7.14. The Morgan fingerprint density at radius 3 is 2.49 bits per heavy atom. The zero-order chi connectivity index (χ0) is 26.4. The van der Waals surface area contributed by atoms with E-state index in [0.29, 0.717) is 0 Å². The van der Waals surface area contributed by atoms with E-state index in [1.807, 2.05) is 56.4 Å². The number of carbonyl (C=O) groups excluding carboxylic acids is 1. The molecule has 5 aromatic rings. The largest absolute Gasteiger partial charge is 0.339 e. The van der Waals surface area contributed by atoms with Crippen molar-refractivity contribution in [2.24, 2.45) is 7.05 Å². The van der Waals surface area contributed by atoms with Crippen LogP contribution in [0.3, 0.4) is 0 Å². The fourth-order valence-electron chi connectivity index (χ4n) is 5.13. The quantitative estimate of drug-likeness (QED) is 0.289. The lowest BCUT2D eigenvalue weighted by Crippen LogP contribution is -2.10. The highest BCUT2D eigenvalue weighted by molar-refractivity contribution is 6.08. The molecular formula is C29H31N7O. The van der Waals surface area contributed by atoms with Gasteiger partial charge in [-0.2, -0.15) is 10.2 Å². The number of H-pyrrole nitrogens is 1. The molecule has 0 atom stereocenters. The average Bonchev–Trinajstić information content (AvgIpc) is 3.58. The first-order valence-corrected chi connectivity index (χ1v) is 12.3. The molecule has 8 nitrogen and oxygen atoms in total. The van der Waals surface area contributed by atoms with Crippen molar-refractivity contribution in [1.29, 1.82) is 0 Å². The molecule has 4 heterocycles. The number of nitrogens with one attached hydrogen (secondary N) is 2. The van der Waals surface area contributed by atoms with Crippen LogP contribution in [0.15, 0.2) is 49.6 Å². The van der Waals surface area contributed by atoms with Crippen LogP contribution in [0.25, 0.3) is 44.5 Å². The Hall–Kier alpha value is -4.46. The molecule has 0 saturated carbocycles. The minimum absolute atomic E-state index is 0.238. The van der Waals surface area contributed by atoms with Crippen molar-refractivity contribution in [3.8, 4) is 33.5 Å². The first kappa shape index (κ1) is 24.2. The zero-order valence-electron chi connectivity index (χ0n) is 22.1. The Labute approximate surface area is 216 Å². The molecule has 0 radical (unpaired) electrons. The van der Waals surface area contributed by atoms with Gasteiger partial charge in [-0.25, -0.2) is 4.98 Å². The van der Waals surface area contributed by atoms with E-state index in [1.54, 1.807) is 4.68 Å². The highest BCUT2D eigenvalue weighted by Gasteiger charge is 2.24. The molecule has 0 aliphatic heterocycles. The number of amides is 1. The molecule has 5 rings (SSSR count). The summed E-state index contributed by atoms with van der Waals surface area (Å²) in [5.41, 5.74) is 11.8. The lowest BCUT2D eigenvalue weighted by Gasteiger charge is -2.16. The van der Waals surface area contributed by atoms with E-state index in [4.69, 9.17) is 4.98 Å². The van der Waals surface area contributed by atoms with Crippen LogP contribution in [-0.4, -0.2) is 35.4 Å². The Morgan fingerprint density at radius 2 is 1.84 bits per heavy atom. The summed E-state index contributed by atoms with van der Waals surface area (Å²) in [6, 6.07) is 4.15.